The molecule has 2 heterocycles. The predicted octanol–water partition coefficient (Wildman–Crippen LogP) is 3.16. The fourth-order valence-electron chi connectivity index (χ4n) is 2.67. The Hall–Kier alpha value is -3.26. The molecule has 2 N–H and O–H groups in total. The SMILES string of the molecule is C#Cc1cccc(Nc2ncnc3ccc4c(c23)OCCN4)c1. The van der Waals surface area contributed by atoms with E-state index in [0.717, 1.165) is 40.1 Å². The van der Waals surface area contributed by atoms with E-state index in [9.17, 15) is 0 Å². The lowest BCUT2D eigenvalue weighted by Crippen LogP contribution is -2.18. The zero-order valence-corrected chi connectivity index (χ0v) is 12.3. The van der Waals surface area contributed by atoms with Gasteiger partial charge in [-0.25, -0.2) is 9.97 Å². The van der Waals surface area contributed by atoms with E-state index in [1.807, 2.05) is 36.4 Å². The molecule has 0 unspecified atom stereocenters. The van der Waals surface area contributed by atoms with Crippen molar-refractivity contribution in [2.75, 3.05) is 23.8 Å². The summed E-state index contributed by atoms with van der Waals surface area (Å²) in [5.74, 6) is 4.11. The van der Waals surface area contributed by atoms with Crippen LogP contribution < -0.4 is 15.4 Å². The molecule has 4 rings (SSSR count). The zero-order valence-electron chi connectivity index (χ0n) is 12.3. The monoisotopic (exact) mass is 302 g/mol. The number of hydrogen-bond acceptors (Lipinski definition) is 5. The lowest BCUT2D eigenvalue weighted by molar-refractivity contribution is 0.327. The van der Waals surface area contributed by atoms with Crippen LogP contribution in [0.25, 0.3) is 10.9 Å². The molecule has 0 saturated carbocycles. The Labute approximate surface area is 133 Å². The van der Waals surface area contributed by atoms with Gasteiger partial charge in [-0.3, -0.25) is 0 Å². The van der Waals surface area contributed by atoms with Gasteiger partial charge in [-0.1, -0.05) is 12.0 Å². The second kappa shape index (κ2) is 5.50. The van der Waals surface area contributed by atoms with E-state index < -0.39 is 0 Å². The molecule has 0 fully saturated rings. The second-order valence-electron chi connectivity index (χ2n) is 5.18. The van der Waals surface area contributed by atoms with E-state index in [1.54, 1.807) is 6.33 Å². The number of fused-ring (bicyclic) bond motifs is 3. The minimum absolute atomic E-state index is 0.618. The van der Waals surface area contributed by atoms with Crippen LogP contribution in [-0.2, 0) is 0 Å². The van der Waals surface area contributed by atoms with Crippen LogP contribution in [0, 0.1) is 12.3 Å². The van der Waals surface area contributed by atoms with Crippen LogP contribution in [0.15, 0.2) is 42.7 Å². The fourth-order valence-corrected chi connectivity index (χ4v) is 2.67. The molecule has 1 aliphatic rings. The minimum atomic E-state index is 0.618. The number of rotatable bonds is 2. The molecule has 0 bridgehead atoms. The summed E-state index contributed by atoms with van der Waals surface area (Å²) in [7, 11) is 0. The van der Waals surface area contributed by atoms with Crippen molar-refractivity contribution in [3.05, 3.63) is 48.3 Å². The first-order valence-corrected chi connectivity index (χ1v) is 7.33. The molecule has 1 aromatic heterocycles. The van der Waals surface area contributed by atoms with Gasteiger partial charge in [0, 0.05) is 17.8 Å². The Morgan fingerprint density at radius 1 is 1.22 bits per heavy atom. The van der Waals surface area contributed by atoms with Crippen molar-refractivity contribution in [3.63, 3.8) is 0 Å². The topological polar surface area (TPSA) is 59.1 Å². The van der Waals surface area contributed by atoms with Gasteiger partial charge in [0.1, 0.15) is 18.8 Å². The third-order valence-electron chi connectivity index (χ3n) is 3.71. The maximum atomic E-state index is 5.85. The zero-order chi connectivity index (χ0) is 15.6. The molecule has 0 amide bonds. The largest absolute Gasteiger partial charge is 0.489 e. The number of ether oxygens (including phenoxy) is 1. The molecule has 5 heteroatoms. The average Bonchev–Trinajstić information content (AvgIpc) is 2.62. The van der Waals surface area contributed by atoms with E-state index in [0.29, 0.717) is 12.4 Å². The molecule has 0 radical (unpaired) electrons. The Balaban J connectivity index is 1.85. The highest BCUT2D eigenvalue weighted by Gasteiger charge is 2.17. The van der Waals surface area contributed by atoms with E-state index in [1.165, 1.54) is 0 Å². The molecule has 0 atom stereocenters. The highest BCUT2D eigenvalue weighted by atomic mass is 16.5. The molecular formula is C18H14N4O. The molecule has 2 aromatic carbocycles. The summed E-state index contributed by atoms with van der Waals surface area (Å²) < 4.78 is 5.85. The highest BCUT2D eigenvalue weighted by Crippen LogP contribution is 2.38. The Bertz CT molecular complexity index is 930. The van der Waals surface area contributed by atoms with Gasteiger partial charge in [0.2, 0.25) is 0 Å². The quantitative estimate of drug-likeness (QED) is 0.712. The van der Waals surface area contributed by atoms with E-state index in [4.69, 9.17) is 11.2 Å². The molecule has 0 saturated heterocycles. The maximum Gasteiger partial charge on any atom is 0.155 e. The van der Waals surface area contributed by atoms with Gasteiger partial charge in [0.25, 0.3) is 0 Å². The molecule has 23 heavy (non-hydrogen) atoms. The molecule has 112 valence electrons. The summed E-state index contributed by atoms with van der Waals surface area (Å²) in [6.07, 6.45) is 7.00. The Morgan fingerprint density at radius 2 is 2.17 bits per heavy atom. The van der Waals surface area contributed by atoms with Gasteiger partial charge in [0.15, 0.2) is 5.75 Å². The first kappa shape index (κ1) is 13.4. The number of terminal acetylenes is 1. The summed E-state index contributed by atoms with van der Waals surface area (Å²) in [6.45, 7) is 1.41. The predicted molar refractivity (Wildman–Crippen MR) is 91.2 cm³/mol. The first-order valence-electron chi connectivity index (χ1n) is 7.33. The fraction of sp³-hybridized carbons (Fsp3) is 0.111. The number of benzene rings is 2. The molecule has 0 aliphatic carbocycles. The van der Waals surface area contributed by atoms with Gasteiger partial charge in [-0.15, -0.1) is 6.42 Å². The lowest BCUT2D eigenvalue weighted by atomic mass is 10.1. The van der Waals surface area contributed by atoms with Crippen LogP contribution in [-0.4, -0.2) is 23.1 Å². The van der Waals surface area contributed by atoms with Crippen molar-refractivity contribution in [3.8, 4) is 18.1 Å². The summed E-state index contributed by atoms with van der Waals surface area (Å²) in [6, 6.07) is 11.6. The van der Waals surface area contributed by atoms with Crippen LogP contribution in [0.4, 0.5) is 17.2 Å². The molecular weight excluding hydrogens is 288 g/mol. The summed E-state index contributed by atoms with van der Waals surface area (Å²) in [5.41, 5.74) is 3.48. The van der Waals surface area contributed by atoms with E-state index >= 15 is 0 Å². The van der Waals surface area contributed by atoms with Crippen LogP contribution in [0.5, 0.6) is 5.75 Å². The van der Waals surface area contributed by atoms with Crippen molar-refractivity contribution >= 4 is 28.1 Å². The van der Waals surface area contributed by atoms with E-state index in [-0.39, 0.29) is 0 Å². The van der Waals surface area contributed by atoms with Crippen LogP contribution in [0.2, 0.25) is 0 Å². The molecule has 3 aromatic rings. The van der Waals surface area contributed by atoms with Gasteiger partial charge < -0.3 is 15.4 Å². The summed E-state index contributed by atoms with van der Waals surface area (Å²) in [5, 5.41) is 7.51. The number of anilines is 3. The van der Waals surface area contributed by atoms with Gasteiger partial charge >= 0.3 is 0 Å². The van der Waals surface area contributed by atoms with Crippen molar-refractivity contribution in [1.29, 1.82) is 0 Å². The number of hydrogen-bond donors (Lipinski definition) is 2. The van der Waals surface area contributed by atoms with Crippen molar-refractivity contribution in [1.82, 2.24) is 9.97 Å². The lowest BCUT2D eigenvalue weighted by Gasteiger charge is -2.21. The Morgan fingerprint density at radius 3 is 3.09 bits per heavy atom. The van der Waals surface area contributed by atoms with Gasteiger partial charge in [-0.05, 0) is 30.3 Å². The standard InChI is InChI=1S/C18H14N4O/c1-2-12-4-3-5-13(10-12)22-18-16-14(20-11-21-18)6-7-15-17(16)23-9-8-19-15/h1,3-7,10-11,19H,8-9H2,(H,20,21,22). The van der Waals surface area contributed by atoms with Crippen LogP contribution in [0.3, 0.4) is 0 Å². The van der Waals surface area contributed by atoms with Crippen molar-refractivity contribution in [2.45, 2.75) is 0 Å². The molecule has 1 aliphatic heterocycles. The minimum Gasteiger partial charge on any atom is -0.489 e. The molecule has 5 nitrogen and oxygen atoms in total. The number of aromatic nitrogens is 2. The highest BCUT2D eigenvalue weighted by molar-refractivity contribution is 5.99. The van der Waals surface area contributed by atoms with Crippen molar-refractivity contribution < 1.29 is 4.74 Å². The van der Waals surface area contributed by atoms with E-state index in [2.05, 4.69) is 26.5 Å². The van der Waals surface area contributed by atoms with Crippen molar-refractivity contribution in [2.24, 2.45) is 0 Å². The Kier molecular flexibility index (Phi) is 3.21. The average molecular weight is 302 g/mol. The van der Waals surface area contributed by atoms with Crippen LogP contribution >= 0.6 is 0 Å². The summed E-state index contributed by atoms with van der Waals surface area (Å²) in [4.78, 5) is 8.72. The smallest absolute Gasteiger partial charge is 0.155 e. The molecule has 0 spiro atoms. The third-order valence-corrected chi connectivity index (χ3v) is 3.71. The third kappa shape index (κ3) is 2.40. The number of nitrogens with zero attached hydrogens (tertiary/aromatic N) is 2. The normalized spacial score (nSPS) is 12.7. The maximum absolute atomic E-state index is 5.85. The summed E-state index contributed by atoms with van der Waals surface area (Å²) >= 11 is 0. The number of nitrogens with one attached hydrogen (secondary N) is 2. The van der Waals surface area contributed by atoms with Gasteiger partial charge in [-0.2, -0.15) is 0 Å². The second-order valence-corrected chi connectivity index (χ2v) is 5.18. The van der Waals surface area contributed by atoms with Gasteiger partial charge in [0.05, 0.1) is 16.6 Å². The first-order chi connectivity index (χ1) is 11.3. The van der Waals surface area contributed by atoms with Crippen LogP contribution in [0.1, 0.15) is 5.56 Å².